The Balaban J connectivity index is 1.95. The van der Waals surface area contributed by atoms with Gasteiger partial charge in [-0.05, 0) is 18.1 Å². The summed E-state index contributed by atoms with van der Waals surface area (Å²) < 4.78 is 5.57. The maximum Gasteiger partial charge on any atom is 0.410 e. The summed E-state index contributed by atoms with van der Waals surface area (Å²) in [5, 5.41) is 9.03. The number of carboxylic acid groups (broad SMARTS) is 1. The predicted octanol–water partition coefficient (Wildman–Crippen LogP) is 1.34. The van der Waals surface area contributed by atoms with Gasteiger partial charge in [-0.25, -0.2) is 4.79 Å². The average molecular weight is 234 g/mol. The molecule has 5 heteroatoms. The van der Waals surface area contributed by atoms with Crippen LogP contribution in [0.5, 0.6) is 0 Å². The number of anilines is 1. The van der Waals surface area contributed by atoms with Crippen LogP contribution in [0.1, 0.15) is 5.56 Å². The lowest BCUT2D eigenvalue weighted by molar-refractivity contribution is 0.00363. The van der Waals surface area contributed by atoms with Crippen LogP contribution in [-0.4, -0.2) is 42.1 Å². The number of benzene rings is 1. The molecule has 0 saturated carbocycles. The third-order valence-corrected chi connectivity index (χ3v) is 3.43. The molecule has 0 aliphatic carbocycles. The molecule has 1 aromatic rings. The molecule has 0 radical (unpaired) electrons. The van der Waals surface area contributed by atoms with Gasteiger partial charge in [0.25, 0.3) is 0 Å². The second-order valence-corrected chi connectivity index (χ2v) is 4.45. The number of hydrogen-bond donors (Lipinski definition) is 1. The Bertz CT molecular complexity index is 463. The number of fused-ring (bicyclic) bond motifs is 3. The average Bonchev–Trinajstić information content (AvgIpc) is 2.86. The van der Waals surface area contributed by atoms with E-state index in [1.807, 2.05) is 18.2 Å². The van der Waals surface area contributed by atoms with Gasteiger partial charge in [0.1, 0.15) is 0 Å². The monoisotopic (exact) mass is 234 g/mol. The highest BCUT2D eigenvalue weighted by Crippen LogP contribution is 2.38. The fourth-order valence-corrected chi connectivity index (χ4v) is 2.59. The Kier molecular flexibility index (Phi) is 2.22. The fourth-order valence-electron chi connectivity index (χ4n) is 2.59. The van der Waals surface area contributed by atoms with Crippen LogP contribution >= 0.6 is 0 Å². The Labute approximate surface area is 99.2 Å². The lowest BCUT2D eigenvalue weighted by Gasteiger charge is -2.30. The summed E-state index contributed by atoms with van der Waals surface area (Å²) in [6, 6.07) is 8.35. The molecule has 90 valence electrons. The van der Waals surface area contributed by atoms with Crippen LogP contribution in [0.15, 0.2) is 24.3 Å². The van der Waals surface area contributed by atoms with E-state index in [9.17, 15) is 4.79 Å². The normalized spacial score (nSPS) is 25.6. The third-order valence-electron chi connectivity index (χ3n) is 3.43. The van der Waals surface area contributed by atoms with Gasteiger partial charge in [-0.1, -0.05) is 18.2 Å². The van der Waals surface area contributed by atoms with E-state index in [0.29, 0.717) is 6.61 Å². The Hall–Kier alpha value is -1.75. The van der Waals surface area contributed by atoms with E-state index in [1.165, 1.54) is 17.5 Å². The van der Waals surface area contributed by atoms with Gasteiger partial charge in [0.2, 0.25) is 6.35 Å². The van der Waals surface area contributed by atoms with Crippen LogP contribution < -0.4 is 4.90 Å². The summed E-state index contributed by atoms with van der Waals surface area (Å²) >= 11 is 0. The van der Waals surface area contributed by atoms with E-state index in [4.69, 9.17) is 9.84 Å². The summed E-state index contributed by atoms with van der Waals surface area (Å²) in [5.74, 6) is 0. The minimum atomic E-state index is -0.972. The highest BCUT2D eigenvalue weighted by atomic mass is 16.5. The van der Waals surface area contributed by atoms with Crippen molar-refractivity contribution in [1.82, 2.24) is 4.90 Å². The first-order chi connectivity index (χ1) is 8.18. The van der Waals surface area contributed by atoms with Crippen molar-refractivity contribution in [2.24, 2.45) is 0 Å². The first-order valence-corrected chi connectivity index (χ1v) is 5.62. The Morgan fingerprint density at radius 1 is 1.53 bits per heavy atom. The summed E-state index contributed by atoms with van der Waals surface area (Å²) in [6.45, 7) is 0.580. The SMILES string of the molecule is CN(C(=O)O)C1OCC2Cc3ccccc3N21. The number of nitrogens with zero attached hydrogens (tertiary/aromatic N) is 2. The molecule has 5 nitrogen and oxygen atoms in total. The quantitative estimate of drug-likeness (QED) is 0.796. The minimum Gasteiger partial charge on any atom is -0.465 e. The van der Waals surface area contributed by atoms with Crippen molar-refractivity contribution in [3.05, 3.63) is 29.8 Å². The maximum absolute atomic E-state index is 11.0. The molecule has 17 heavy (non-hydrogen) atoms. The number of ether oxygens (including phenoxy) is 1. The van der Waals surface area contributed by atoms with Gasteiger partial charge in [0, 0.05) is 12.7 Å². The molecule has 2 heterocycles. The number of rotatable bonds is 1. The summed E-state index contributed by atoms with van der Waals surface area (Å²) in [5.41, 5.74) is 2.36. The van der Waals surface area contributed by atoms with Crippen LogP contribution in [-0.2, 0) is 11.2 Å². The second-order valence-electron chi connectivity index (χ2n) is 4.45. The van der Waals surface area contributed by atoms with Crippen LogP contribution in [0, 0.1) is 0 Å². The number of amides is 1. The van der Waals surface area contributed by atoms with Gasteiger partial charge in [-0.3, -0.25) is 4.90 Å². The zero-order valence-corrected chi connectivity index (χ0v) is 9.54. The zero-order chi connectivity index (χ0) is 12.0. The zero-order valence-electron chi connectivity index (χ0n) is 9.54. The molecule has 1 amide bonds. The smallest absolute Gasteiger partial charge is 0.410 e. The van der Waals surface area contributed by atoms with Gasteiger partial charge in [0.15, 0.2) is 0 Å². The minimum absolute atomic E-state index is 0.263. The summed E-state index contributed by atoms with van der Waals surface area (Å²) in [6.07, 6.45) is -0.540. The third kappa shape index (κ3) is 1.46. The van der Waals surface area contributed by atoms with Gasteiger partial charge < -0.3 is 14.7 Å². The fraction of sp³-hybridized carbons (Fsp3) is 0.417. The highest BCUT2D eigenvalue weighted by Gasteiger charge is 2.43. The Morgan fingerprint density at radius 2 is 2.29 bits per heavy atom. The van der Waals surface area contributed by atoms with Crippen molar-refractivity contribution in [2.75, 3.05) is 18.6 Å². The molecule has 1 fully saturated rings. The lowest BCUT2D eigenvalue weighted by atomic mass is 10.1. The van der Waals surface area contributed by atoms with Crippen molar-refractivity contribution in [3.63, 3.8) is 0 Å². The van der Waals surface area contributed by atoms with Gasteiger partial charge >= 0.3 is 6.09 Å². The molecule has 2 aliphatic heterocycles. The van der Waals surface area contributed by atoms with Crippen molar-refractivity contribution in [2.45, 2.75) is 18.8 Å². The van der Waals surface area contributed by atoms with E-state index in [-0.39, 0.29) is 6.04 Å². The van der Waals surface area contributed by atoms with Crippen LogP contribution in [0.3, 0.4) is 0 Å². The van der Waals surface area contributed by atoms with Gasteiger partial charge in [-0.2, -0.15) is 0 Å². The molecular formula is C12H14N2O3. The maximum atomic E-state index is 11.0. The standard InChI is InChI=1S/C12H14N2O3/c1-13(12(15)16)11-14-9(7-17-11)6-8-4-2-3-5-10(8)14/h2-5,9,11H,6-7H2,1H3,(H,15,16). The van der Waals surface area contributed by atoms with Crippen molar-refractivity contribution in [3.8, 4) is 0 Å². The number of carbonyl (C=O) groups is 1. The molecule has 2 aliphatic rings. The van der Waals surface area contributed by atoms with E-state index < -0.39 is 12.4 Å². The summed E-state index contributed by atoms with van der Waals surface area (Å²) in [4.78, 5) is 14.3. The topological polar surface area (TPSA) is 53.0 Å². The molecule has 0 aromatic heterocycles. The molecule has 1 aromatic carbocycles. The number of hydrogen-bond acceptors (Lipinski definition) is 3. The second kappa shape index (κ2) is 3.63. The molecule has 3 rings (SSSR count). The van der Waals surface area contributed by atoms with Gasteiger partial charge in [-0.15, -0.1) is 0 Å². The van der Waals surface area contributed by atoms with Crippen LogP contribution in [0.2, 0.25) is 0 Å². The summed E-state index contributed by atoms with van der Waals surface area (Å²) in [7, 11) is 1.54. The molecule has 1 saturated heterocycles. The molecular weight excluding hydrogens is 220 g/mol. The Morgan fingerprint density at radius 3 is 3.06 bits per heavy atom. The van der Waals surface area contributed by atoms with Gasteiger partial charge in [0.05, 0.1) is 12.6 Å². The first-order valence-electron chi connectivity index (χ1n) is 5.62. The van der Waals surface area contributed by atoms with E-state index in [0.717, 1.165) is 12.1 Å². The molecule has 0 spiro atoms. The largest absolute Gasteiger partial charge is 0.465 e. The predicted molar refractivity (Wildman–Crippen MR) is 61.9 cm³/mol. The van der Waals surface area contributed by atoms with E-state index in [2.05, 4.69) is 11.0 Å². The number of para-hydroxylation sites is 1. The van der Waals surface area contributed by atoms with Crippen molar-refractivity contribution in [1.29, 1.82) is 0 Å². The van der Waals surface area contributed by atoms with Crippen molar-refractivity contribution < 1.29 is 14.6 Å². The molecule has 2 atom stereocenters. The molecule has 1 N–H and O–H groups in total. The van der Waals surface area contributed by atoms with E-state index in [1.54, 1.807) is 0 Å². The molecule has 2 unspecified atom stereocenters. The highest BCUT2D eigenvalue weighted by molar-refractivity contribution is 5.67. The van der Waals surface area contributed by atoms with E-state index >= 15 is 0 Å². The molecule has 0 bridgehead atoms. The van der Waals surface area contributed by atoms with Crippen LogP contribution in [0.25, 0.3) is 0 Å². The lowest BCUT2D eigenvalue weighted by Crippen LogP contribution is -2.47. The van der Waals surface area contributed by atoms with Crippen molar-refractivity contribution >= 4 is 11.8 Å². The van der Waals surface area contributed by atoms with Crippen LogP contribution in [0.4, 0.5) is 10.5 Å². The first kappa shape index (κ1) is 10.4.